The third-order valence-electron chi connectivity index (χ3n) is 9.30. The van der Waals surface area contributed by atoms with Crippen LogP contribution in [0.5, 0.6) is 0 Å². The zero-order valence-corrected chi connectivity index (χ0v) is 23.3. The number of rotatable bonds is 2. The lowest BCUT2D eigenvalue weighted by Gasteiger charge is -2.17. The van der Waals surface area contributed by atoms with E-state index in [9.17, 15) is 9.59 Å². The molecule has 8 aromatic carbocycles. The molecule has 0 aliphatic heterocycles. The van der Waals surface area contributed by atoms with E-state index in [1.165, 1.54) is 0 Å². The Morgan fingerprint density at radius 1 is 0.341 bits per heavy atom. The molecule has 202 valence electrons. The Kier molecular flexibility index (Phi) is 4.44. The number of hydrogen-bond donors (Lipinski definition) is 0. The predicted octanol–water partition coefficient (Wildman–Crippen LogP) is 8.92. The van der Waals surface area contributed by atoms with Gasteiger partial charge in [0.15, 0.2) is 10.9 Å². The van der Waals surface area contributed by atoms with Crippen LogP contribution in [0.15, 0.2) is 131 Å². The second-order valence-electron chi connectivity index (χ2n) is 11.6. The third-order valence-corrected chi connectivity index (χ3v) is 9.30. The van der Waals surface area contributed by atoms with Crippen molar-refractivity contribution >= 4 is 75.9 Å². The van der Waals surface area contributed by atoms with E-state index >= 15 is 0 Å². The van der Waals surface area contributed by atoms with Gasteiger partial charge in [0.25, 0.3) is 0 Å². The Hall–Kier alpha value is -6.00. The largest absolute Gasteiger partial charge is 0.289 e. The van der Waals surface area contributed by atoms with E-state index in [0.717, 1.165) is 76.6 Å². The first-order valence-corrected chi connectivity index (χ1v) is 14.7. The van der Waals surface area contributed by atoms with Gasteiger partial charge in [-0.1, -0.05) is 84.9 Å². The zero-order chi connectivity index (χ0) is 29.1. The highest BCUT2D eigenvalue weighted by molar-refractivity contribution is 6.37. The molecule has 4 heteroatoms. The number of aromatic nitrogens is 2. The molecule has 2 heterocycles. The number of pyridine rings is 2. The summed E-state index contributed by atoms with van der Waals surface area (Å²) < 4.78 is 0. The average molecular weight is 561 g/mol. The molecule has 0 bridgehead atoms. The molecule has 4 nitrogen and oxygen atoms in total. The van der Waals surface area contributed by atoms with Crippen LogP contribution in [-0.4, -0.2) is 9.97 Å². The molecule has 0 N–H and O–H groups in total. The van der Waals surface area contributed by atoms with Crippen LogP contribution in [0.1, 0.15) is 0 Å². The van der Waals surface area contributed by atoms with E-state index in [0.29, 0.717) is 21.5 Å². The summed E-state index contributed by atoms with van der Waals surface area (Å²) in [5, 5.41) is 7.61. The molecule has 10 rings (SSSR count). The van der Waals surface area contributed by atoms with Crippen molar-refractivity contribution in [1.29, 1.82) is 0 Å². The number of fused-ring (bicyclic) bond motifs is 4. The van der Waals surface area contributed by atoms with Crippen molar-refractivity contribution in [2.24, 2.45) is 0 Å². The maximum atomic E-state index is 14.1. The summed E-state index contributed by atoms with van der Waals surface area (Å²) in [7, 11) is 0. The van der Waals surface area contributed by atoms with E-state index in [-0.39, 0.29) is 10.9 Å². The Labute approximate surface area is 249 Å². The Balaban J connectivity index is 1.35. The summed E-state index contributed by atoms with van der Waals surface area (Å²) in [4.78, 5) is 38.5. The van der Waals surface area contributed by atoms with Gasteiger partial charge in [-0.15, -0.1) is 0 Å². The smallest absolute Gasteiger partial charge is 0.194 e. The highest BCUT2D eigenvalue weighted by atomic mass is 16.1. The van der Waals surface area contributed by atoms with Crippen LogP contribution in [0.2, 0.25) is 0 Å². The first kappa shape index (κ1) is 23.6. The first-order chi connectivity index (χ1) is 21.7. The van der Waals surface area contributed by atoms with Gasteiger partial charge in [-0.25, -0.2) is 9.97 Å². The van der Waals surface area contributed by atoms with E-state index in [1.54, 1.807) is 0 Å². The molecule has 0 atom stereocenters. The Bertz CT molecular complexity index is 2700. The summed E-state index contributed by atoms with van der Waals surface area (Å²) in [5.74, 6) is 0. The van der Waals surface area contributed by atoms with Gasteiger partial charge in [-0.05, 0) is 58.7 Å². The molecule has 0 fully saturated rings. The lowest BCUT2D eigenvalue weighted by Crippen LogP contribution is -2.08. The van der Waals surface area contributed by atoms with Crippen LogP contribution in [0.4, 0.5) is 0 Å². The second-order valence-corrected chi connectivity index (χ2v) is 11.6. The summed E-state index contributed by atoms with van der Waals surface area (Å²) in [6.07, 6.45) is 0. The van der Waals surface area contributed by atoms with Gasteiger partial charge in [0.05, 0.1) is 22.1 Å². The fourth-order valence-corrected chi connectivity index (χ4v) is 7.28. The molecule has 0 aliphatic rings. The molecule has 0 amide bonds. The van der Waals surface area contributed by atoms with Crippen LogP contribution in [0.3, 0.4) is 0 Å². The monoisotopic (exact) mass is 560 g/mol. The summed E-state index contributed by atoms with van der Waals surface area (Å²) in [6, 6.07) is 40.0. The van der Waals surface area contributed by atoms with E-state index < -0.39 is 0 Å². The average Bonchev–Trinajstić information content (AvgIpc) is 3.09. The fraction of sp³-hybridized carbons (Fsp3) is 0. The van der Waals surface area contributed by atoms with Crippen LogP contribution >= 0.6 is 0 Å². The minimum Gasteiger partial charge on any atom is -0.289 e. The molecule has 0 saturated carbocycles. The topological polar surface area (TPSA) is 59.9 Å². The zero-order valence-electron chi connectivity index (χ0n) is 23.3. The van der Waals surface area contributed by atoms with Crippen LogP contribution in [0.25, 0.3) is 98.2 Å². The summed E-state index contributed by atoms with van der Waals surface area (Å²) in [6.45, 7) is 0. The quantitative estimate of drug-likeness (QED) is 0.156. The van der Waals surface area contributed by atoms with E-state index in [4.69, 9.17) is 9.97 Å². The van der Waals surface area contributed by atoms with Gasteiger partial charge in [-0.3, -0.25) is 9.59 Å². The van der Waals surface area contributed by atoms with Crippen LogP contribution < -0.4 is 10.9 Å². The Morgan fingerprint density at radius 3 is 1.18 bits per heavy atom. The van der Waals surface area contributed by atoms with Crippen molar-refractivity contribution in [2.45, 2.75) is 0 Å². The minimum absolute atomic E-state index is 0.0209. The maximum absolute atomic E-state index is 14.1. The molecule has 0 radical (unpaired) electrons. The van der Waals surface area contributed by atoms with Crippen molar-refractivity contribution in [3.05, 3.63) is 142 Å². The molecule has 10 aromatic rings. The maximum Gasteiger partial charge on any atom is 0.194 e. The van der Waals surface area contributed by atoms with Crippen molar-refractivity contribution in [1.82, 2.24) is 9.97 Å². The molecule has 0 aliphatic carbocycles. The van der Waals surface area contributed by atoms with E-state index in [1.807, 2.05) is 109 Å². The highest BCUT2D eigenvalue weighted by Gasteiger charge is 2.23. The second kappa shape index (κ2) is 8.30. The van der Waals surface area contributed by atoms with Gasteiger partial charge in [-0.2, -0.15) is 0 Å². The first-order valence-electron chi connectivity index (χ1n) is 14.7. The lowest BCUT2D eigenvalue weighted by atomic mass is 9.89. The fourth-order valence-electron chi connectivity index (χ4n) is 7.28. The van der Waals surface area contributed by atoms with Gasteiger partial charge in [0, 0.05) is 53.9 Å². The van der Waals surface area contributed by atoms with Gasteiger partial charge in [0.2, 0.25) is 0 Å². The molecule has 2 aromatic heterocycles. The van der Waals surface area contributed by atoms with Crippen LogP contribution in [-0.2, 0) is 0 Å². The SMILES string of the molecule is O=c1c2cc(-c3ccccc3)ccc2c2nc3ccc4c(=O)c5cc(-c6ccccc6)ccc5c5nc6ccc1c2c6c3c45. The molecule has 0 saturated heterocycles. The number of nitrogens with zero attached hydrogens (tertiary/aromatic N) is 2. The Morgan fingerprint density at radius 2 is 0.750 bits per heavy atom. The van der Waals surface area contributed by atoms with Crippen molar-refractivity contribution in [2.75, 3.05) is 0 Å². The molecule has 0 spiro atoms. The van der Waals surface area contributed by atoms with Gasteiger partial charge < -0.3 is 0 Å². The van der Waals surface area contributed by atoms with Crippen molar-refractivity contribution in [3.8, 4) is 22.3 Å². The standard InChI is InChI=1S/C40H20N2O2/c43-39-27-15-17-32-35-33(27)37(25-13-11-23(19-29(25)39)21-7-3-1-4-8-21)41-31-18-16-28-34(36(31)35)38(42-32)26-14-12-24(20-30(26)40(28)44)22-9-5-2-6-10-22/h1-20H. The minimum atomic E-state index is -0.0209. The molecular weight excluding hydrogens is 540 g/mol. The van der Waals surface area contributed by atoms with Crippen molar-refractivity contribution in [3.63, 3.8) is 0 Å². The highest BCUT2D eigenvalue weighted by Crippen LogP contribution is 2.43. The predicted molar refractivity (Wildman–Crippen MR) is 182 cm³/mol. The number of benzene rings is 8. The van der Waals surface area contributed by atoms with Crippen molar-refractivity contribution < 1.29 is 0 Å². The van der Waals surface area contributed by atoms with Gasteiger partial charge in [0.1, 0.15) is 0 Å². The summed E-state index contributed by atoms with van der Waals surface area (Å²) in [5.41, 5.74) is 7.22. The van der Waals surface area contributed by atoms with Gasteiger partial charge >= 0.3 is 0 Å². The third kappa shape index (κ3) is 2.96. The summed E-state index contributed by atoms with van der Waals surface area (Å²) >= 11 is 0. The molecule has 44 heavy (non-hydrogen) atoms. The molecular formula is C40H20N2O2. The van der Waals surface area contributed by atoms with Crippen LogP contribution in [0, 0.1) is 0 Å². The van der Waals surface area contributed by atoms with E-state index in [2.05, 4.69) is 12.1 Å². The lowest BCUT2D eigenvalue weighted by molar-refractivity contribution is 1.49. The normalized spacial score (nSPS) is 12.3. The number of hydrogen-bond acceptors (Lipinski definition) is 4. The molecule has 0 unspecified atom stereocenters.